The molecule has 1 fully saturated rings. The molecule has 16 heavy (non-hydrogen) atoms. The Morgan fingerprint density at radius 2 is 2.06 bits per heavy atom. The quantitative estimate of drug-likeness (QED) is 0.717. The number of nitrogens with two attached hydrogens (primary N) is 1. The first-order valence-electron chi connectivity index (χ1n) is 6.39. The van der Waals surface area contributed by atoms with Crippen molar-refractivity contribution in [2.75, 3.05) is 33.7 Å². The van der Waals surface area contributed by atoms with E-state index < -0.39 is 0 Å². The number of hydrogen-bond acceptors (Lipinski definition) is 3. The van der Waals surface area contributed by atoms with E-state index in [1.165, 1.54) is 19.6 Å². The van der Waals surface area contributed by atoms with E-state index in [1.54, 1.807) is 0 Å². The average molecular weight is 223 g/mol. The molecule has 4 atom stereocenters. The SMILES string of the molecule is CC1CN(CC2C=CC(N)C2)CC1N(C)C. The molecule has 1 aliphatic carbocycles. The third-order valence-electron chi connectivity index (χ3n) is 4.01. The molecule has 3 nitrogen and oxygen atoms in total. The fourth-order valence-electron chi connectivity index (χ4n) is 3.14. The highest BCUT2D eigenvalue weighted by atomic mass is 15.2. The van der Waals surface area contributed by atoms with Crippen molar-refractivity contribution in [2.24, 2.45) is 17.6 Å². The van der Waals surface area contributed by atoms with Crippen LogP contribution in [0.15, 0.2) is 12.2 Å². The van der Waals surface area contributed by atoms with E-state index in [1.807, 2.05) is 0 Å². The fourth-order valence-corrected chi connectivity index (χ4v) is 3.14. The van der Waals surface area contributed by atoms with Crippen molar-refractivity contribution in [2.45, 2.75) is 25.4 Å². The van der Waals surface area contributed by atoms with Gasteiger partial charge in [0.2, 0.25) is 0 Å². The zero-order valence-corrected chi connectivity index (χ0v) is 10.8. The lowest BCUT2D eigenvalue weighted by Gasteiger charge is -2.23. The van der Waals surface area contributed by atoms with E-state index >= 15 is 0 Å². The first-order valence-corrected chi connectivity index (χ1v) is 6.39. The molecule has 0 amide bonds. The molecular formula is C13H25N3. The molecule has 2 rings (SSSR count). The van der Waals surface area contributed by atoms with Crippen molar-refractivity contribution in [3.05, 3.63) is 12.2 Å². The lowest BCUT2D eigenvalue weighted by atomic mass is 10.1. The van der Waals surface area contributed by atoms with Crippen LogP contribution in [0.25, 0.3) is 0 Å². The van der Waals surface area contributed by atoms with Crippen molar-refractivity contribution >= 4 is 0 Å². The molecule has 1 saturated heterocycles. The van der Waals surface area contributed by atoms with Crippen molar-refractivity contribution in [1.82, 2.24) is 9.80 Å². The molecule has 0 spiro atoms. The van der Waals surface area contributed by atoms with Crippen molar-refractivity contribution in [3.8, 4) is 0 Å². The van der Waals surface area contributed by atoms with Gasteiger partial charge in [-0.3, -0.25) is 0 Å². The monoisotopic (exact) mass is 223 g/mol. The van der Waals surface area contributed by atoms with Crippen LogP contribution < -0.4 is 5.73 Å². The molecule has 0 bridgehead atoms. The minimum Gasteiger partial charge on any atom is -0.324 e. The topological polar surface area (TPSA) is 32.5 Å². The Balaban J connectivity index is 1.82. The minimum atomic E-state index is 0.301. The summed E-state index contributed by atoms with van der Waals surface area (Å²) in [4.78, 5) is 4.96. The smallest absolute Gasteiger partial charge is 0.0254 e. The van der Waals surface area contributed by atoms with Gasteiger partial charge in [0.05, 0.1) is 0 Å². The molecule has 0 aromatic rings. The van der Waals surface area contributed by atoms with Crippen LogP contribution in [0.4, 0.5) is 0 Å². The van der Waals surface area contributed by atoms with E-state index in [4.69, 9.17) is 5.73 Å². The molecule has 0 aromatic heterocycles. The predicted molar refractivity (Wildman–Crippen MR) is 68.3 cm³/mol. The summed E-state index contributed by atoms with van der Waals surface area (Å²) < 4.78 is 0. The Bertz CT molecular complexity index is 262. The van der Waals surface area contributed by atoms with Gasteiger partial charge >= 0.3 is 0 Å². The van der Waals surface area contributed by atoms with Crippen LogP contribution in [0.5, 0.6) is 0 Å². The second kappa shape index (κ2) is 4.86. The summed E-state index contributed by atoms with van der Waals surface area (Å²) in [5.41, 5.74) is 5.89. The maximum Gasteiger partial charge on any atom is 0.0254 e. The zero-order chi connectivity index (χ0) is 11.7. The maximum atomic E-state index is 5.89. The highest BCUT2D eigenvalue weighted by Crippen LogP contribution is 2.24. The molecule has 0 saturated carbocycles. The Morgan fingerprint density at radius 1 is 1.31 bits per heavy atom. The van der Waals surface area contributed by atoms with Gasteiger partial charge in [-0.25, -0.2) is 0 Å². The number of likely N-dealkylation sites (N-methyl/N-ethyl adjacent to an activating group) is 1. The van der Waals surface area contributed by atoms with Gasteiger partial charge in [0, 0.05) is 31.7 Å². The molecule has 3 heteroatoms. The number of rotatable bonds is 3. The Morgan fingerprint density at radius 3 is 2.56 bits per heavy atom. The molecule has 2 N–H and O–H groups in total. The standard InChI is InChI=1S/C13H25N3/c1-10-7-16(9-13(10)15(2)3)8-11-4-5-12(14)6-11/h4-5,10-13H,6-9,14H2,1-3H3. The van der Waals surface area contributed by atoms with Gasteiger partial charge in [0.25, 0.3) is 0 Å². The van der Waals surface area contributed by atoms with Gasteiger partial charge in [-0.1, -0.05) is 19.1 Å². The van der Waals surface area contributed by atoms with E-state index in [0.29, 0.717) is 12.0 Å². The lowest BCUT2D eigenvalue weighted by Crippen LogP contribution is -2.35. The second-order valence-electron chi connectivity index (χ2n) is 5.77. The summed E-state index contributed by atoms with van der Waals surface area (Å²) >= 11 is 0. The average Bonchev–Trinajstić information content (AvgIpc) is 2.73. The largest absolute Gasteiger partial charge is 0.324 e. The molecule has 92 valence electrons. The van der Waals surface area contributed by atoms with Gasteiger partial charge < -0.3 is 15.5 Å². The number of hydrogen-bond donors (Lipinski definition) is 1. The highest BCUT2D eigenvalue weighted by Gasteiger charge is 2.32. The van der Waals surface area contributed by atoms with Crippen molar-refractivity contribution in [3.63, 3.8) is 0 Å². The molecule has 1 heterocycles. The Kier molecular flexibility index (Phi) is 3.67. The van der Waals surface area contributed by atoms with Crippen LogP contribution >= 0.6 is 0 Å². The van der Waals surface area contributed by atoms with E-state index in [-0.39, 0.29) is 0 Å². The summed E-state index contributed by atoms with van der Waals surface area (Å²) in [6, 6.07) is 1.02. The van der Waals surface area contributed by atoms with Crippen LogP contribution in [0.3, 0.4) is 0 Å². The van der Waals surface area contributed by atoms with E-state index in [9.17, 15) is 0 Å². The van der Waals surface area contributed by atoms with Crippen LogP contribution in [0.1, 0.15) is 13.3 Å². The summed E-state index contributed by atoms with van der Waals surface area (Å²) in [6.07, 6.45) is 5.60. The van der Waals surface area contributed by atoms with Gasteiger partial charge in [-0.15, -0.1) is 0 Å². The van der Waals surface area contributed by atoms with Crippen LogP contribution in [0.2, 0.25) is 0 Å². The Labute approximate surface area is 99.3 Å². The lowest BCUT2D eigenvalue weighted by molar-refractivity contribution is 0.244. The fraction of sp³-hybridized carbons (Fsp3) is 0.846. The molecule has 0 aromatic carbocycles. The van der Waals surface area contributed by atoms with Gasteiger partial charge in [0.15, 0.2) is 0 Å². The van der Waals surface area contributed by atoms with E-state index in [0.717, 1.165) is 18.4 Å². The van der Waals surface area contributed by atoms with Crippen molar-refractivity contribution < 1.29 is 0 Å². The van der Waals surface area contributed by atoms with Gasteiger partial charge in [0.1, 0.15) is 0 Å². The summed E-state index contributed by atoms with van der Waals surface area (Å²) in [5, 5.41) is 0. The van der Waals surface area contributed by atoms with E-state index in [2.05, 4.69) is 43.0 Å². The van der Waals surface area contributed by atoms with Crippen molar-refractivity contribution in [1.29, 1.82) is 0 Å². The third-order valence-corrected chi connectivity index (χ3v) is 4.01. The third kappa shape index (κ3) is 2.65. The maximum absolute atomic E-state index is 5.89. The van der Waals surface area contributed by atoms with Crippen LogP contribution in [-0.2, 0) is 0 Å². The second-order valence-corrected chi connectivity index (χ2v) is 5.77. The predicted octanol–water partition coefficient (Wildman–Crippen LogP) is 0.772. The number of nitrogens with zero attached hydrogens (tertiary/aromatic N) is 2. The molecule has 4 unspecified atom stereocenters. The molecular weight excluding hydrogens is 198 g/mol. The summed E-state index contributed by atoms with van der Waals surface area (Å²) in [6.45, 7) is 6.01. The van der Waals surface area contributed by atoms with Gasteiger partial charge in [-0.2, -0.15) is 0 Å². The first kappa shape index (κ1) is 12.1. The Hall–Kier alpha value is -0.380. The minimum absolute atomic E-state index is 0.301. The highest BCUT2D eigenvalue weighted by molar-refractivity contribution is 5.05. The van der Waals surface area contributed by atoms with Gasteiger partial charge in [-0.05, 0) is 32.4 Å². The van der Waals surface area contributed by atoms with Crippen LogP contribution in [-0.4, -0.2) is 55.6 Å². The molecule has 2 aliphatic rings. The normalized spacial score (nSPS) is 40.1. The summed E-state index contributed by atoms with van der Waals surface area (Å²) in [7, 11) is 4.38. The molecule has 1 aliphatic heterocycles. The first-order chi connectivity index (χ1) is 7.56. The molecule has 0 radical (unpaired) electrons. The zero-order valence-electron chi connectivity index (χ0n) is 10.8. The summed E-state index contributed by atoms with van der Waals surface area (Å²) in [5.74, 6) is 1.47. The number of likely N-dealkylation sites (tertiary alicyclic amines) is 1. The van der Waals surface area contributed by atoms with Crippen LogP contribution in [0, 0.1) is 11.8 Å².